The van der Waals surface area contributed by atoms with Crippen LogP contribution in [-0.4, -0.2) is 70.5 Å². The molecular formula is C20H35IN4O2. The molecule has 1 aromatic rings. The predicted octanol–water partition coefficient (Wildman–Crippen LogP) is 2.49. The Kier molecular flexibility index (Phi) is 13.5. The van der Waals surface area contributed by atoms with Gasteiger partial charge in [0.1, 0.15) is 0 Å². The monoisotopic (exact) mass is 490 g/mol. The second-order valence-electron chi connectivity index (χ2n) is 6.60. The Morgan fingerprint density at radius 3 is 2.48 bits per heavy atom. The first-order chi connectivity index (χ1) is 12.8. The van der Waals surface area contributed by atoms with Crippen molar-refractivity contribution in [2.75, 3.05) is 53.6 Å². The smallest absolute Gasteiger partial charge is 0.191 e. The summed E-state index contributed by atoms with van der Waals surface area (Å²) < 4.78 is 11.1. The highest BCUT2D eigenvalue weighted by molar-refractivity contribution is 14.0. The molecule has 154 valence electrons. The van der Waals surface area contributed by atoms with E-state index in [2.05, 4.69) is 50.9 Å². The number of aliphatic imine (C=N–C) groups is 1. The van der Waals surface area contributed by atoms with E-state index in [1.165, 1.54) is 5.56 Å². The van der Waals surface area contributed by atoms with Gasteiger partial charge in [0, 0.05) is 53.5 Å². The number of ether oxygens (including phenoxy) is 2. The highest BCUT2D eigenvalue weighted by atomic mass is 127. The van der Waals surface area contributed by atoms with Gasteiger partial charge in [0.2, 0.25) is 0 Å². The first kappa shape index (κ1) is 24.1. The molecule has 0 unspecified atom stereocenters. The minimum absolute atomic E-state index is 0. The molecule has 0 aromatic heterocycles. The van der Waals surface area contributed by atoms with Crippen molar-refractivity contribution in [1.29, 1.82) is 0 Å². The van der Waals surface area contributed by atoms with Crippen molar-refractivity contribution in [3.05, 3.63) is 35.9 Å². The van der Waals surface area contributed by atoms with Gasteiger partial charge in [-0.2, -0.15) is 0 Å². The SMILES string of the molecule is CN=C(NCCCOC1CCN(Cc2ccccc2)CC1)NCCOC.I. The molecule has 1 saturated heterocycles. The predicted molar refractivity (Wildman–Crippen MR) is 122 cm³/mol. The summed E-state index contributed by atoms with van der Waals surface area (Å²) in [5.74, 6) is 0.816. The van der Waals surface area contributed by atoms with E-state index in [1.54, 1.807) is 14.2 Å². The van der Waals surface area contributed by atoms with Crippen LogP contribution in [0.1, 0.15) is 24.8 Å². The molecular weight excluding hydrogens is 455 g/mol. The minimum Gasteiger partial charge on any atom is -0.383 e. The summed E-state index contributed by atoms with van der Waals surface area (Å²) in [5.41, 5.74) is 1.39. The van der Waals surface area contributed by atoms with Crippen molar-refractivity contribution >= 4 is 29.9 Å². The Labute approximate surface area is 181 Å². The van der Waals surface area contributed by atoms with E-state index in [9.17, 15) is 0 Å². The highest BCUT2D eigenvalue weighted by Gasteiger charge is 2.19. The van der Waals surface area contributed by atoms with Gasteiger partial charge in [-0.3, -0.25) is 9.89 Å². The Balaban J connectivity index is 0.00000364. The summed E-state index contributed by atoms with van der Waals surface area (Å²) in [6.07, 6.45) is 3.64. The summed E-state index contributed by atoms with van der Waals surface area (Å²) in [6, 6.07) is 10.7. The molecule has 0 atom stereocenters. The van der Waals surface area contributed by atoms with Crippen LogP contribution in [0.3, 0.4) is 0 Å². The quantitative estimate of drug-likeness (QED) is 0.229. The van der Waals surface area contributed by atoms with Crippen molar-refractivity contribution < 1.29 is 9.47 Å². The fourth-order valence-corrected chi connectivity index (χ4v) is 3.10. The fraction of sp³-hybridized carbons (Fsp3) is 0.650. The fourth-order valence-electron chi connectivity index (χ4n) is 3.10. The minimum atomic E-state index is 0. The van der Waals surface area contributed by atoms with Crippen LogP contribution in [0.5, 0.6) is 0 Å². The van der Waals surface area contributed by atoms with E-state index in [0.29, 0.717) is 12.7 Å². The lowest BCUT2D eigenvalue weighted by atomic mass is 10.1. The maximum absolute atomic E-state index is 6.05. The van der Waals surface area contributed by atoms with Crippen LogP contribution in [0.15, 0.2) is 35.3 Å². The van der Waals surface area contributed by atoms with Crippen LogP contribution < -0.4 is 10.6 Å². The van der Waals surface area contributed by atoms with Crippen LogP contribution in [0.25, 0.3) is 0 Å². The topological polar surface area (TPSA) is 58.1 Å². The van der Waals surface area contributed by atoms with Crippen molar-refractivity contribution in [2.45, 2.75) is 31.9 Å². The summed E-state index contributed by atoms with van der Waals surface area (Å²) in [4.78, 5) is 6.70. The molecule has 0 saturated carbocycles. The van der Waals surface area contributed by atoms with Crippen molar-refractivity contribution in [2.24, 2.45) is 4.99 Å². The number of benzene rings is 1. The van der Waals surface area contributed by atoms with Gasteiger partial charge in [-0.15, -0.1) is 24.0 Å². The highest BCUT2D eigenvalue weighted by Crippen LogP contribution is 2.16. The summed E-state index contributed by atoms with van der Waals surface area (Å²) >= 11 is 0. The van der Waals surface area contributed by atoms with Gasteiger partial charge in [0.25, 0.3) is 0 Å². The molecule has 2 N–H and O–H groups in total. The number of nitrogens with zero attached hydrogens (tertiary/aromatic N) is 2. The molecule has 1 aliphatic heterocycles. The van der Waals surface area contributed by atoms with E-state index in [-0.39, 0.29) is 24.0 Å². The molecule has 1 aromatic carbocycles. The molecule has 27 heavy (non-hydrogen) atoms. The molecule has 6 nitrogen and oxygen atoms in total. The van der Waals surface area contributed by atoms with Gasteiger partial charge in [-0.1, -0.05) is 30.3 Å². The molecule has 1 aliphatic rings. The van der Waals surface area contributed by atoms with E-state index in [4.69, 9.17) is 9.47 Å². The van der Waals surface area contributed by atoms with Crippen molar-refractivity contribution in [1.82, 2.24) is 15.5 Å². The second-order valence-corrected chi connectivity index (χ2v) is 6.60. The Morgan fingerprint density at radius 2 is 1.81 bits per heavy atom. The van der Waals surface area contributed by atoms with Crippen LogP contribution >= 0.6 is 24.0 Å². The largest absolute Gasteiger partial charge is 0.383 e. The molecule has 0 amide bonds. The van der Waals surface area contributed by atoms with Crippen LogP contribution in [0.2, 0.25) is 0 Å². The second kappa shape index (κ2) is 15.1. The first-order valence-corrected chi connectivity index (χ1v) is 9.63. The number of rotatable bonds is 10. The standard InChI is InChI=1S/C20H34N4O2.HI/c1-21-20(23-12-16-25-2)22-11-6-15-26-19-9-13-24(14-10-19)17-18-7-4-3-5-8-18;/h3-5,7-8,19H,6,9-17H2,1-2H3,(H2,21,22,23);1H. The number of hydrogen-bond donors (Lipinski definition) is 2. The van der Waals surface area contributed by atoms with Crippen LogP contribution in [-0.2, 0) is 16.0 Å². The Hall–Kier alpha value is -0.900. The molecule has 0 spiro atoms. The van der Waals surface area contributed by atoms with Gasteiger partial charge in [-0.25, -0.2) is 0 Å². The summed E-state index contributed by atoms with van der Waals surface area (Å²) in [5, 5.41) is 6.50. The lowest BCUT2D eigenvalue weighted by Gasteiger charge is -2.32. The van der Waals surface area contributed by atoms with Crippen LogP contribution in [0, 0.1) is 0 Å². The number of guanidine groups is 1. The van der Waals surface area contributed by atoms with Gasteiger partial charge in [0.05, 0.1) is 12.7 Å². The maximum atomic E-state index is 6.05. The zero-order chi connectivity index (χ0) is 18.5. The number of halogens is 1. The van der Waals surface area contributed by atoms with E-state index in [1.807, 2.05) is 0 Å². The molecule has 0 aliphatic carbocycles. The zero-order valence-electron chi connectivity index (χ0n) is 16.7. The zero-order valence-corrected chi connectivity index (χ0v) is 19.0. The van der Waals surface area contributed by atoms with Gasteiger partial charge < -0.3 is 20.1 Å². The normalized spacial score (nSPS) is 16.0. The number of hydrogen-bond acceptors (Lipinski definition) is 4. The van der Waals surface area contributed by atoms with Gasteiger partial charge >= 0.3 is 0 Å². The average molecular weight is 490 g/mol. The lowest BCUT2D eigenvalue weighted by molar-refractivity contribution is 0.00534. The molecule has 1 heterocycles. The van der Waals surface area contributed by atoms with Crippen molar-refractivity contribution in [3.8, 4) is 0 Å². The molecule has 7 heteroatoms. The van der Waals surface area contributed by atoms with Gasteiger partial charge in [0.15, 0.2) is 5.96 Å². The van der Waals surface area contributed by atoms with E-state index < -0.39 is 0 Å². The first-order valence-electron chi connectivity index (χ1n) is 9.63. The summed E-state index contributed by atoms with van der Waals surface area (Å²) in [7, 11) is 3.48. The van der Waals surface area contributed by atoms with E-state index in [0.717, 1.165) is 64.6 Å². The molecule has 2 rings (SSSR count). The third-order valence-corrected chi connectivity index (χ3v) is 4.57. The average Bonchev–Trinajstić information content (AvgIpc) is 2.68. The van der Waals surface area contributed by atoms with E-state index >= 15 is 0 Å². The number of piperidine rings is 1. The Bertz CT molecular complexity index is 508. The number of nitrogens with one attached hydrogen (secondary N) is 2. The summed E-state index contributed by atoms with van der Waals surface area (Å²) in [6.45, 7) is 6.38. The third kappa shape index (κ3) is 10.3. The Morgan fingerprint density at radius 1 is 1.11 bits per heavy atom. The third-order valence-electron chi connectivity index (χ3n) is 4.57. The number of likely N-dealkylation sites (tertiary alicyclic amines) is 1. The van der Waals surface area contributed by atoms with Crippen LogP contribution in [0.4, 0.5) is 0 Å². The van der Waals surface area contributed by atoms with Gasteiger partial charge in [-0.05, 0) is 24.8 Å². The number of methoxy groups -OCH3 is 1. The van der Waals surface area contributed by atoms with Crippen molar-refractivity contribution in [3.63, 3.8) is 0 Å². The molecule has 1 fully saturated rings. The lowest BCUT2D eigenvalue weighted by Crippen LogP contribution is -2.40. The molecule has 0 radical (unpaired) electrons. The maximum Gasteiger partial charge on any atom is 0.191 e. The molecule has 0 bridgehead atoms.